The minimum atomic E-state index is -4.29. The lowest BCUT2D eigenvalue weighted by molar-refractivity contribution is -0.870. The summed E-state index contributed by atoms with van der Waals surface area (Å²) in [5.74, 6) is -0.328. The van der Waals surface area contributed by atoms with Gasteiger partial charge in [0.05, 0.1) is 34.4 Å². The molecule has 0 aliphatic rings. The lowest BCUT2D eigenvalue weighted by Crippen LogP contribution is -2.37. The fourth-order valence-electron chi connectivity index (χ4n) is 6.28. The van der Waals surface area contributed by atoms with Gasteiger partial charge in [-0.25, -0.2) is 4.57 Å². The number of esters is 1. The van der Waals surface area contributed by atoms with Crippen LogP contribution in [0.15, 0.2) is 72.9 Å². The Hall–Kier alpha value is -2.06. The van der Waals surface area contributed by atoms with Gasteiger partial charge < -0.3 is 18.9 Å². The summed E-state index contributed by atoms with van der Waals surface area (Å²) in [5.41, 5.74) is 0. The van der Waals surface area contributed by atoms with Crippen molar-refractivity contribution in [1.29, 1.82) is 0 Å². The van der Waals surface area contributed by atoms with E-state index in [-0.39, 0.29) is 25.8 Å². The third-order valence-corrected chi connectivity index (χ3v) is 11.0. The van der Waals surface area contributed by atoms with Crippen LogP contribution in [-0.4, -0.2) is 75.6 Å². The summed E-state index contributed by atoms with van der Waals surface area (Å²) in [5, 5.41) is 0. The van der Waals surface area contributed by atoms with Crippen molar-refractivity contribution in [2.75, 3.05) is 54.1 Å². The fraction of sp³-hybridized carbons (Fsp3) is 0.745. The first kappa shape index (κ1) is 57.9. The Morgan fingerprint density at radius 3 is 1.45 bits per heavy atom. The number of quaternary nitrogens is 1. The molecule has 0 spiro atoms. The van der Waals surface area contributed by atoms with Crippen molar-refractivity contribution in [3.8, 4) is 0 Å². The monoisotopic (exact) mass is 863 g/mol. The summed E-state index contributed by atoms with van der Waals surface area (Å²) in [7, 11) is 1.64. The molecule has 0 saturated carbocycles. The lowest BCUT2D eigenvalue weighted by atomic mass is 10.1. The molecule has 0 aliphatic carbocycles. The smallest absolute Gasteiger partial charge is 0.457 e. The Morgan fingerprint density at radius 1 is 0.533 bits per heavy atom. The first-order valence-corrected chi connectivity index (χ1v) is 25.7. The van der Waals surface area contributed by atoms with Gasteiger partial charge in [0.2, 0.25) is 0 Å². The zero-order valence-corrected chi connectivity index (χ0v) is 40.3. The molecular formula is C51H93NO7P+. The van der Waals surface area contributed by atoms with Crippen molar-refractivity contribution in [3.05, 3.63) is 72.9 Å². The second-order valence-corrected chi connectivity index (χ2v) is 18.6. The van der Waals surface area contributed by atoms with Gasteiger partial charge in [0.15, 0.2) is 0 Å². The first-order chi connectivity index (χ1) is 29.1. The fourth-order valence-corrected chi connectivity index (χ4v) is 7.02. The number of carbonyl (C=O) groups excluding carboxylic acids is 1. The van der Waals surface area contributed by atoms with Gasteiger partial charge in [0.1, 0.15) is 19.3 Å². The molecule has 0 fully saturated rings. The number of hydrogen-bond acceptors (Lipinski definition) is 6. The highest BCUT2D eigenvalue weighted by Gasteiger charge is 2.26. The normalized spacial score (nSPS) is 14.3. The molecule has 0 aromatic carbocycles. The van der Waals surface area contributed by atoms with Crippen LogP contribution >= 0.6 is 7.82 Å². The summed E-state index contributed by atoms with van der Waals surface area (Å²) >= 11 is 0. The van der Waals surface area contributed by atoms with Crippen LogP contribution in [0.5, 0.6) is 0 Å². The molecule has 9 heteroatoms. The number of hydrogen-bond donors (Lipinski definition) is 1. The molecule has 1 N–H and O–H groups in total. The predicted octanol–water partition coefficient (Wildman–Crippen LogP) is 14.7. The number of carbonyl (C=O) groups is 1. The molecule has 2 atom stereocenters. The van der Waals surface area contributed by atoms with Crippen molar-refractivity contribution < 1.29 is 37.3 Å². The molecule has 0 aliphatic heterocycles. The number of unbranched alkanes of at least 4 members (excludes halogenated alkanes) is 18. The number of ether oxygens (including phenoxy) is 2. The summed E-state index contributed by atoms with van der Waals surface area (Å²) in [6, 6.07) is 0. The van der Waals surface area contributed by atoms with E-state index in [0.717, 1.165) is 77.0 Å². The highest BCUT2D eigenvalue weighted by atomic mass is 31.2. The quantitative estimate of drug-likeness (QED) is 0.0214. The van der Waals surface area contributed by atoms with Crippen LogP contribution < -0.4 is 0 Å². The van der Waals surface area contributed by atoms with Crippen LogP contribution in [-0.2, 0) is 27.9 Å². The molecule has 0 amide bonds. The standard InChI is InChI=1S/C51H92NO7P/c1-6-8-10-12-14-16-18-20-22-24-26-27-29-31-33-35-37-39-41-43-46-56-48-50(49-58-60(54,55)57-47-45-52(3,4)5)59-51(53)44-42-40-38-36-34-32-30-28-25-23-21-19-17-15-13-11-9-7-2/h8,10,14,16-17,19-20,22-23,25-27,50H,6-7,9,11-13,15,18,21,24,28-49H2,1-5H3/p+1/b10-8-,16-14-,19-17-,22-20-,25-23-,27-26-. The van der Waals surface area contributed by atoms with Gasteiger partial charge in [0.25, 0.3) is 0 Å². The van der Waals surface area contributed by atoms with Crippen molar-refractivity contribution in [3.63, 3.8) is 0 Å². The molecule has 0 radical (unpaired) electrons. The highest BCUT2D eigenvalue weighted by Crippen LogP contribution is 2.43. The predicted molar refractivity (Wildman–Crippen MR) is 256 cm³/mol. The van der Waals surface area contributed by atoms with Crippen molar-refractivity contribution >= 4 is 13.8 Å². The Labute approximate surface area is 370 Å². The van der Waals surface area contributed by atoms with Gasteiger partial charge in [-0.3, -0.25) is 13.8 Å². The molecule has 0 aromatic rings. The minimum absolute atomic E-state index is 0.0811. The van der Waals surface area contributed by atoms with E-state index in [1.54, 1.807) is 0 Å². The first-order valence-electron chi connectivity index (χ1n) is 24.2. The van der Waals surface area contributed by atoms with Gasteiger partial charge in [-0.05, 0) is 83.5 Å². The van der Waals surface area contributed by atoms with E-state index in [2.05, 4.69) is 86.8 Å². The minimum Gasteiger partial charge on any atom is -0.457 e. The van der Waals surface area contributed by atoms with Crippen LogP contribution in [0.2, 0.25) is 0 Å². The average Bonchev–Trinajstić information content (AvgIpc) is 3.20. The number of rotatable bonds is 44. The maximum atomic E-state index is 12.7. The summed E-state index contributed by atoms with van der Waals surface area (Å²) < 4.78 is 35.1. The SMILES string of the molecule is CC/C=C\C/C=C\C/C=C\C/C=C\CCCCCCCCCOCC(COP(=O)(O)OCC[N+](C)(C)C)OC(=O)CCCCCCCCC/C=C\C/C=C\CCCCCC. The molecule has 0 bridgehead atoms. The summed E-state index contributed by atoms with van der Waals surface area (Å²) in [4.78, 5) is 23.0. The molecule has 8 nitrogen and oxygen atoms in total. The zero-order chi connectivity index (χ0) is 44.1. The maximum absolute atomic E-state index is 12.7. The van der Waals surface area contributed by atoms with Crippen LogP contribution in [0.25, 0.3) is 0 Å². The maximum Gasteiger partial charge on any atom is 0.472 e. The van der Waals surface area contributed by atoms with Gasteiger partial charge in [-0.15, -0.1) is 0 Å². The van der Waals surface area contributed by atoms with Gasteiger partial charge in [0, 0.05) is 13.0 Å². The van der Waals surface area contributed by atoms with E-state index < -0.39 is 13.9 Å². The van der Waals surface area contributed by atoms with Crippen molar-refractivity contribution in [2.24, 2.45) is 0 Å². The van der Waals surface area contributed by atoms with Crippen LogP contribution in [0, 0.1) is 0 Å². The van der Waals surface area contributed by atoms with Crippen LogP contribution in [0.3, 0.4) is 0 Å². The van der Waals surface area contributed by atoms with Crippen molar-refractivity contribution in [1.82, 2.24) is 0 Å². The number of phosphoric ester groups is 1. The van der Waals surface area contributed by atoms with Crippen molar-refractivity contribution in [2.45, 2.75) is 193 Å². The molecular weight excluding hydrogens is 770 g/mol. The lowest BCUT2D eigenvalue weighted by Gasteiger charge is -2.24. The van der Waals surface area contributed by atoms with Crippen LogP contribution in [0.1, 0.15) is 187 Å². The zero-order valence-electron chi connectivity index (χ0n) is 39.4. The Bertz CT molecular complexity index is 1190. The van der Waals surface area contributed by atoms with Gasteiger partial charge in [-0.2, -0.15) is 0 Å². The molecule has 0 aromatic heterocycles. The topological polar surface area (TPSA) is 91.3 Å². The number of nitrogens with zero attached hydrogens (tertiary/aromatic N) is 1. The summed E-state index contributed by atoms with van der Waals surface area (Å²) in [6.07, 6.45) is 56.5. The number of allylic oxidation sites excluding steroid dienone is 12. The van der Waals surface area contributed by atoms with Gasteiger partial charge in [-0.1, -0.05) is 170 Å². The Balaban J connectivity index is 4.23. The Morgan fingerprint density at radius 2 is 0.967 bits per heavy atom. The van der Waals surface area contributed by atoms with E-state index in [1.807, 2.05) is 21.1 Å². The second kappa shape index (κ2) is 43.6. The number of likely N-dealkylation sites (N-methyl/N-ethyl adjacent to an activating group) is 1. The van der Waals surface area contributed by atoms with E-state index >= 15 is 0 Å². The highest BCUT2D eigenvalue weighted by molar-refractivity contribution is 7.47. The largest absolute Gasteiger partial charge is 0.472 e. The summed E-state index contributed by atoms with van der Waals surface area (Å²) in [6.45, 7) is 5.45. The number of phosphoric acid groups is 1. The van der Waals surface area contributed by atoms with E-state index in [9.17, 15) is 14.3 Å². The van der Waals surface area contributed by atoms with Gasteiger partial charge >= 0.3 is 13.8 Å². The molecule has 2 unspecified atom stereocenters. The average molecular weight is 863 g/mol. The van der Waals surface area contributed by atoms with E-state index in [1.165, 1.54) is 89.9 Å². The van der Waals surface area contributed by atoms with E-state index in [4.69, 9.17) is 18.5 Å². The molecule has 0 heterocycles. The second-order valence-electron chi connectivity index (χ2n) is 17.1. The molecule has 0 saturated heterocycles. The molecule has 60 heavy (non-hydrogen) atoms. The molecule has 0 rings (SSSR count). The molecule has 348 valence electrons. The Kier molecular flexibility index (Phi) is 42.1. The van der Waals surface area contributed by atoms with E-state index in [0.29, 0.717) is 24.1 Å². The van der Waals surface area contributed by atoms with Crippen LogP contribution in [0.4, 0.5) is 0 Å². The third kappa shape index (κ3) is 47.0. The third-order valence-electron chi connectivity index (χ3n) is 10.0.